The van der Waals surface area contributed by atoms with E-state index in [1.165, 1.54) is 14.2 Å². The largest absolute Gasteiger partial charge is 0.496 e. The zero-order valence-corrected chi connectivity index (χ0v) is 23.1. The highest BCUT2D eigenvalue weighted by Gasteiger charge is 2.23. The monoisotopic (exact) mass is 510 g/mol. The molecule has 1 heterocycles. The Bertz CT molecular complexity index is 1340. The van der Waals surface area contributed by atoms with Crippen molar-refractivity contribution >= 4 is 17.6 Å². The molecular weight excluding hydrogens is 476 g/mol. The second kappa shape index (κ2) is 10.9. The molecule has 0 bridgehead atoms. The predicted molar refractivity (Wildman–Crippen MR) is 145 cm³/mol. The number of methoxy groups -OCH3 is 2. The second-order valence-electron chi connectivity index (χ2n) is 10.5. The maximum Gasteiger partial charge on any atom is 0.352 e. The van der Waals surface area contributed by atoms with Crippen molar-refractivity contribution in [3.63, 3.8) is 0 Å². The van der Waals surface area contributed by atoms with Gasteiger partial charge in [-0.25, -0.2) is 9.59 Å². The standard InChI is InChI=1S/C29H35ClN2O4/c1-17(2)25-18(3)31-28(34)32(21-11-12-22(27(33)36-8)24(16-21)35-7)26(25)20-10-9-19(23(30)15-20)13-14-29(4,5)6/h9-12,15-17H,13-14H2,1-8H3. The van der Waals surface area contributed by atoms with E-state index in [1.807, 2.05) is 25.1 Å². The van der Waals surface area contributed by atoms with E-state index in [2.05, 4.69) is 39.6 Å². The molecule has 3 aromatic rings. The molecule has 36 heavy (non-hydrogen) atoms. The summed E-state index contributed by atoms with van der Waals surface area (Å²) in [5.41, 5.74) is 4.82. The summed E-state index contributed by atoms with van der Waals surface area (Å²) in [5.74, 6) is -0.122. The van der Waals surface area contributed by atoms with Gasteiger partial charge in [-0.05, 0) is 54.9 Å². The summed E-state index contributed by atoms with van der Waals surface area (Å²) in [7, 11) is 2.78. The Morgan fingerprint density at radius 1 is 1.11 bits per heavy atom. The molecule has 0 N–H and O–H groups in total. The SMILES string of the molecule is COC(=O)c1ccc(-n2c(-c3ccc(CCC(C)(C)C)c(Cl)c3)c(C(C)C)c(C)nc2=O)cc1OC. The van der Waals surface area contributed by atoms with Crippen molar-refractivity contribution in [1.82, 2.24) is 9.55 Å². The van der Waals surface area contributed by atoms with Gasteiger partial charge in [-0.15, -0.1) is 0 Å². The van der Waals surface area contributed by atoms with Gasteiger partial charge in [0.15, 0.2) is 0 Å². The highest BCUT2D eigenvalue weighted by Crippen LogP contribution is 2.35. The van der Waals surface area contributed by atoms with Crippen LogP contribution in [0.1, 0.15) is 74.1 Å². The van der Waals surface area contributed by atoms with E-state index in [9.17, 15) is 9.59 Å². The van der Waals surface area contributed by atoms with Crippen molar-refractivity contribution in [3.8, 4) is 22.7 Å². The Morgan fingerprint density at radius 3 is 2.36 bits per heavy atom. The third-order valence-corrected chi connectivity index (χ3v) is 6.57. The average Bonchev–Trinajstić information content (AvgIpc) is 2.81. The molecule has 0 fully saturated rings. The number of hydrogen-bond donors (Lipinski definition) is 0. The van der Waals surface area contributed by atoms with Crippen LogP contribution in [0, 0.1) is 12.3 Å². The van der Waals surface area contributed by atoms with E-state index >= 15 is 0 Å². The zero-order chi connectivity index (χ0) is 26.8. The van der Waals surface area contributed by atoms with Gasteiger partial charge in [-0.2, -0.15) is 4.98 Å². The number of carbonyl (C=O) groups excluding carboxylic acids is 1. The lowest BCUT2D eigenvalue weighted by molar-refractivity contribution is 0.0597. The van der Waals surface area contributed by atoms with Gasteiger partial charge < -0.3 is 9.47 Å². The molecule has 0 radical (unpaired) electrons. The van der Waals surface area contributed by atoms with Crippen LogP contribution in [0.5, 0.6) is 5.75 Å². The number of halogens is 1. The molecule has 0 saturated heterocycles. The quantitative estimate of drug-likeness (QED) is 0.328. The van der Waals surface area contributed by atoms with Crippen molar-refractivity contribution in [2.24, 2.45) is 5.41 Å². The minimum atomic E-state index is -0.520. The lowest BCUT2D eigenvalue weighted by Gasteiger charge is -2.22. The van der Waals surface area contributed by atoms with Crippen molar-refractivity contribution in [2.45, 2.75) is 60.3 Å². The second-order valence-corrected chi connectivity index (χ2v) is 10.9. The number of ether oxygens (including phenoxy) is 2. The Hall–Kier alpha value is -3.12. The van der Waals surface area contributed by atoms with Crippen molar-refractivity contribution in [1.29, 1.82) is 0 Å². The first-order valence-corrected chi connectivity index (χ1v) is 12.4. The summed E-state index contributed by atoms with van der Waals surface area (Å²) < 4.78 is 11.9. The first kappa shape index (κ1) is 27.5. The molecule has 0 amide bonds. The Balaban J connectivity index is 2.27. The summed E-state index contributed by atoms with van der Waals surface area (Å²) in [5, 5.41) is 0.665. The number of esters is 1. The van der Waals surface area contributed by atoms with Crippen molar-refractivity contribution in [3.05, 3.63) is 74.3 Å². The fourth-order valence-corrected chi connectivity index (χ4v) is 4.64. The van der Waals surface area contributed by atoms with Crippen LogP contribution in [-0.2, 0) is 11.2 Å². The molecule has 1 aromatic heterocycles. The van der Waals surface area contributed by atoms with E-state index < -0.39 is 11.7 Å². The van der Waals surface area contributed by atoms with Crippen LogP contribution in [0.2, 0.25) is 5.02 Å². The van der Waals surface area contributed by atoms with Crippen LogP contribution in [0.15, 0.2) is 41.2 Å². The minimum absolute atomic E-state index is 0.0925. The smallest absolute Gasteiger partial charge is 0.352 e. The van der Waals surface area contributed by atoms with Gasteiger partial charge in [0.1, 0.15) is 11.3 Å². The van der Waals surface area contributed by atoms with E-state index in [4.69, 9.17) is 21.1 Å². The number of aromatic nitrogens is 2. The number of carbonyl (C=O) groups is 1. The topological polar surface area (TPSA) is 70.4 Å². The fourth-order valence-electron chi connectivity index (χ4n) is 4.36. The predicted octanol–water partition coefficient (Wildman–Crippen LogP) is 6.76. The molecule has 0 aliphatic rings. The number of aryl methyl sites for hydroxylation is 2. The van der Waals surface area contributed by atoms with Crippen molar-refractivity contribution < 1.29 is 14.3 Å². The first-order chi connectivity index (χ1) is 16.9. The summed E-state index contributed by atoms with van der Waals surface area (Å²) in [6, 6.07) is 10.9. The molecule has 3 rings (SSSR count). The third-order valence-electron chi connectivity index (χ3n) is 6.22. The summed E-state index contributed by atoms with van der Waals surface area (Å²) in [6.07, 6.45) is 1.88. The highest BCUT2D eigenvalue weighted by atomic mass is 35.5. The highest BCUT2D eigenvalue weighted by molar-refractivity contribution is 6.31. The summed E-state index contributed by atoms with van der Waals surface area (Å²) in [6.45, 7) is 12.6. The number of nitrogens with zero attached hydrogens (tertiary/aromatic N) is 2. The van der Waals surface area contributed by atoms with Crippen LogP contribution in [0.25, 0.3) is 16.9 Å². The third kappa shape index (κ3) is 5.81. The molecule has 0 aliphatic heterocycles. The minimum Gasteiger partial charge on any atom is -0.496 e. The molecule has 0 atom stereocenters. The molecule has 6 nitrogen and oxygen atoms in total. The maximum atomic E-state index is 13.3. The van der Waals surface area contributed by atoms with Crippen LogP contribution in [0.3, 0.4) is 0 Å². The number of benzene rings is 2. The van der Waals surface area contributed by atoms with Gasteiger partial charge in [-0.1, -0.05) is 58.4 Å². The van der Waals surface area contributed by atoms with Gasteiger partial charge >= 0.3 is 11.7 Å². The summed E-state index contributed by atoms with van der Waals surface area (Å²) in [4.78, 5) is 29.8. The molecule has 0 spiro atoms. The molecule has 192 valence electrons. The van der Waals surface area contributed by atoms with Gasteiger partial charge in [0.25, 0.3) is 0 Å². The molecule has 0 unspecified atom stereocenters. The van der Waals surface area contributed by atoms with Crippen LogP contribution in [-0.4, -0.2) is 29.7 Å². The lowest BCUT2D eigenvalue weighted by Crippen LogP contribution is -2.26. The summed E-state index contributed by atoms with van der Waals surface area (Å²) >= 11 is 6.76. The van der Waals surface area contributed by atoms with Crippen molar-refractivity contribution in [2.75, 3.05) is 14.2 Å². The van der Waals surface area contributed by atoms with E-state index in [0.29, 0.717) is 22.2 Å². The maximum absolute atomic E-state index is 13.3. The van der Waals surface area contributed by atoms with Crippen LogP contribution in [0.4, 0.5) is 0 Å². The lowest BCUT2D eigenvalue weighted by atomic mass is 9.88. The van der Waals surface area contributed by atoms with E-state index in [-0.39, 0.29) is 16.9 Å². The van der Waals surface area contributed by atoms with Gasteiger partial charge in [0.2, 0.25) is 0 Å². The molecular formula is C29H35ClN2O4. The Labute approximate surface area is 218 Å². The van der Waals surface area contributed by atoms with E-state index in [0.717, 1.165) is 35.2 Å². The van der Waals surface area contributed by atoms with Gasteiger partial charge in [0.05, 0.1) is 25.6 Å². The molecule has 0 saturated carbocycles. The molecule has 2 aromatic carbocycles. The fraction of sp³-hybridized carbons (Fsp3) is 0.414. The Kier molecular flexibility index (Phi) is 8.29. The Morgan fingerprint density at radius 2 is 1.81 bits per heavy atom. The van der Waals surface area contributed by atoms with Crippen LogP contribution >= 0.6 is 11.6 Å². The number of rotatable bonds is 7. The normalized spacial score (nSPS) is 11.6. The number of hydrogen-bond acceptors (Lipinski definition) is 5. The first-order valence-electron chi connectivity index (χ1n) is 12.1. The zero-order valence-electron chi connectivity index (χ0n) is 22.4. The van der Waals surface area contributed by atoms with Gasteiger partial charge in [0, 0.05) is 27.9 Å². The van der Waals surface area contributed by atoms with E-state index in [1.54, 1.807) is 22.8 Å². The molecule has 7 heteroatoms. The van der Waals surface area contributed by atoms with Gasteiger partial charge in [-0.3, -0.25) is 4.57 Å². The van der Waals surface area contributed by atoms with Crippen LogP contribution < -0.4 is 10.4 Å². The average molecular weight is 511 g/mol. The molecule has 0 aliphatic carbocycles.